The number of nitrogens with one attached hydrogen (secondary N) is 1. The van der Waals surface area contributed by atoms with Gasteiger partial charge in [0.2, 0.25) is 5.89 Å². The summed E-state index contributed by atoms with van der Waals surface area (Å²) in [5.41, 5.74) is 0. The number of aromatic nitrogens is 2. The number of hydrogen-bond donors (Lipinski definition) is 1. The largest absolute Gasteiger partial charge is 0.407 e. The van der Waals surface area contributed by atoms with Gasteiger partial charge in [0.25, 0.3) is 5.91 Å². The summed E-state index contributed by atoms with van der Waals surface area (Å²) in [4.78, 5) is 12.5. The van der Waals surface area contributed by atoms with Crippen LogP contribution in [-0.2, 0) is 15.6 Å². The number of carbonyl (C=O) groups excluding carboxylic acids is 1. The molecule has 0 spiro atoms. The minimum absolute atomic E-state index is 0.0877. The molecule has 1 aromatic carbocycles. The fourth-order valence-electron chi connectivity index (χ4n) is 1.80. The van der Waals surface area contributed by atoms with Crippen LogP contribution in [0.5, 0.6) is 0 Å². The molecule has 3 aromatic rings. The van der Waals surface area contributed by atoms with Crippen LogP contribution >= 0.6 is 11.3 Å². The van der Waals surface area contributed by atoms with Crippen molar-refractivity contribution in [1.29, 1.82) is 0 Å². The Bertz CT molecular complexity index is 903. The minimum Gasteiger partial charge on any atom is -0.407 e. The van der Waals surface area contributed by atoms with E-state index in [0.29, 0.717) is 4.88 Å². The zero-order valence-electron chi connectivity index (χ0n) is 11.7. The molecule has 0 saturated heterocycles. The fourth-order valence-corrected chi connectivity index (χ4v) is 3.60. The molecule has 0 fully saturated rings. The Kier molecular flexibility index (Phi) is 4.22. The molecule has 2 heterocycles. The first kappa shape index (κ1) is 15.4. The third-order valence-electron chi connectivity index (χ3n) is 2.85. The number of thiophene rings is 1. The Labute approximate surface area is 135 Å². The summed E-state index contributed by atoms with van der Waals surface area (Å²) in [5.74, 6) is -0.907. The van der Waals surface area contributed by atoms with Crippen molar-refractivity contribution >= 4 is 33.1 Å². The lowest BCUT2D eigenvalue weighted by atomic mass is 10.4. The van der Waals surface area contributed by atoms with E-state index in [2.05, 4.69) is 15.5 Å². The third kappa shape index (κ3) is 3.63. The van der Waals surface area contributed by atoms with Crippen molar-refractivity contribution in [3.05, 3.63) is 58.6 Å². The number of rotatable bonds is 5. The monoisotopic (exact) mass is 349 g/mol. The molecule has 0 aliphatic rings. The molecule has 0 aliphatic heterocycles. The Balaban J connectivity index is 1.71. The predicted molar refractivity (Wildman–Crippen MR) is 83.9 cm³/mol. The van der Waals surface area contributed by atoms with Gasteiger partial charge in [0.15, 0.2) is 9.84 Å². The van der Waals surface area contributed by atoms with Gasteiger partial charge in [-0.2, -0.15) is 0 Å². The summed E-state index contributed by atoms with van der Waals surface area (Å²) in [6.45, 7) is 0. The lowest BCUT2D eigenvalue weighted by molar-refractivity contribution is 0.102. The summed E-state index contributed by atoms with van der Waals surface area (Å²) in [6.07, 6.45) is 0. The summed E-state index contributed by atoms with van der Waals surface area (Å²) < 4.78 is 29.6. The maximum absolute atomic E-state index is 12.2. The average molecular weight is 349 g/mol. The van der Waals surface area contributed by atoms with E-state index in [9.17, 15) is 13.2 Å². The van der Waals surface area contributed by atoms with Gasteiger partial charge in [0.05, 0.1) is 9.77 Å². The summed E-state index contributed by atoms with van der Waals surface area (Å²) in [6, 6.07) is 11.2. The molecule has 0 saturated carbocycles. The molecular weight excluding hydrogens is 338 g/mol. The lowest BCUT2D eigenvalue weighted by Crippen LogP contribution is -2.10. The van der Waals surface area contributed by atoms with Crippen LogP contribution < -0.4 is 5.32 Å². The highest BCUT2D eigenvalue weighted by Crippen LogP contribution is 2.17. The average Bonchev–Trinajstić information content (AvgIpc) is 3.20. The SMILES string of the molecule is O=C(Nc1nnc(CS(=O)(=O)c2ccccc2)o1)c1cccs1. The van der Waals surface area contributed by atoms with Crippen LogP contribution in [0.15, 0.2) is 57.2 Å². The molecule has 7 nitrogen and oxygen atoms in total. The maximum Gasteiger partial charge on any atom is 0.322 e. The fraction of sp³-hybridized carbons (Fsp3) is 0.0714. The van der Waals surface area contributed by atoms with E-state index < -0.39 is 15.6 Å². The number of amides is 1. The zero-order valence-corrected chi connectivity index (χ0v) is 13.3. The van der Waals surface area contributed by atoms with Gasteiger partial charge in [-0.1, -0.05) is 29.4 Å². The number of anilines is 1. The predicted octanol–water partition coefficient (Wildman–Crippen LogP) is 2.36. The highest BCUT2D eigenvalue weighted by Gasteiger charge is 2.20. The van der Waals surface area contributed by atoms with Crippen LogP contribution in [0.1, 0.15) is 15.6 Å². The first-order chi connectivity index (χ1) is 11.0. The van der Waals surface area contributed by atoms with Gasteiger partial charge >= 0.3 is 6.01 Å². The van der Waals surface area contributed by atoms with Crippen LogP contribution in [-0.4, -0.2) is 24.5 Å². The van der Waals surface area contributed by atoms with Gasteiger partial charge in [-0.3, -0.25) is 10.1 Å². The summed E-state index contributed by atoms with van der Waals surface area (Å²) >= 11 is 1.27. The standard InChI is InChI=1S/C14H11N3O4S2/c18-13(11-7-4-8-22-11)15-14-17-16-12(21-14)9-23(19,20)10-5-2-1-3-6-10/h1-8H,9H2,(H,15,17,18). The van der Waals surface area contributed by atoms with Crippen LogP contribution in [0, 0.1) is 0 Å². The van der Waals surface area contributed by atoms with Crippen molar-refractivity contribution in [1.82, 2.24) is 10.2 Å². The van der Waals surface area contributed by atoms with E-state index in [1.165, 1.54) is 23.5 Å². The number of sulfone groups is 1. The molecular formula is C14H11N3O4S2. The second kappa shape index (κ2) is 6.31. The number of nitrogens with zero attached hydrogens (tertiary/aromatic N) is 2. The first-order valence-electron chi connectivity index (χ1n) is 6.50. The molecule has 0 unspecified atom stereocenters. The number of benzene rings is 1. The summed E-state index contributed by atoms with van der Waals surface area (Å²) in [7, 11) is -3.58. The minimum atomic E-state index is -3.58. The molecule has 1 N–H and O–H groups in total. The van der Waals surface area contributed by atoms with Crippen molar-refractivity contribution < 1.29 is 17.6 Å². The molecule has 0 atom stereocenters. The van der Waals surface area contributed by atoms with Crippen molar-refractivity contribution in [2.24, 2.45) is 0 Å². The molecule has 0 bridgehead atoms. The van der Waals surface area contributed by atoms with Crippen molar-refractivity contribution in [3.8, 4) is 0 Å². The van der Waals surface area contributed by atoms with Gasteiger partial charge in [-0.25, -0.2) is 8.42 Å². The van der Waals surface area contributed by atoms with Crippen LogP contribution in [0.2, 0.25) is 0 Å². The third-order valence-corrected chi connectivity index (χ3v) is 5.33. The molecule has 2 aromatic heterocycles. The molecule has 23 heavy (non-hydrogen) atoms. The quantitative estimate of drug-likeness (QED) is 0.758. The van der Waals surface area contributed by atoms with Crippen LogP contribution in [0.25, 0.3) is 0 Å². The van der Waals surface area contributed by atoms with E-state index in [1.54, 1.807) is 35.7 Å². The molecule has 3 rings (SSSR count). The maximum atomic E-state index is 12.2. The van der Waals surface area contributed by atoms with Crippen molar-refractivity contribution in [2.75, 3.05) is 5.32 Å². The molecule has 0 aliphatic carbocycles. The lowest BCUT2D eigenvalue weighted by Gasteiger charge is -2.00. The van der Waals surface area contributed by atoms with Gasteiger partial charge in [0.1, 0.15) is 5.75 Å². The molecule has 0 radical (unpaired) electrons. The van der Waals surface area contributed by atoms with E-state index in [1.807, 2.05) is 0 Å². The second-order valence-electron chi connectivity index (χ2n) is 4.50. The number of hydrogen-bond acceptors (Lipinski definition) is 7. The van der Waals surface area contributed by atoms with E-state index in [-0.39, 0.29) is 22.7 Å². The van der Waals surface area contributed by atoms with E-state index in [0.717, 1.165) is 0 Å². The van der Waals surface area contributed by atoms with Crippen LogP contribution in [0.3, 0.4) is 0 Å². The van der Waals surface area contributed by atoms with E-state index >= 15 is 0 Å². The highest BCUT2D eigenvalue weighted by molar-refractivity contribution is 7.90. The number of carbonyl (C=O) groups is 1. The van der Waals surface area contributed by atoms with Crippen LogP contribution in [0.4, 0.5) is 6.01 Å². The zero-order chi connectivity index (χ0) is 16.3. The van der Waals surface area contributed by atoms with Crippen molar-refractivity contribution in [2.45, 2.75) is 10.6 Å². The van der Waals surface area contributed by atoms with E-state index in [4.69, 9.17) is 4.42 Å². The Morgan fingerprint density at radius 3 is 2.61 bits per heavy atom. The normalized spacial score (nSPS) is 11.3. The van der Waals surface area contributed by atoms with Gasteiger partial charge < -0.3 is 4.42 Å². The van der Waals surface area contributed by atoms with Gasteiger partial charge in [0, 0.05) is 0 Å². The molecule has 9 heteroatoms. The summed E-state index contributed by atoms with van der Waals surface area (Å²) in [5, 5.41) is 11.5. The Hall–Kier alpha value is -2.52. The van der Waals surface area contributed by atoms with Gasteiger partial charge in [-0.05, 0) is 23.6 Å². The van der Waals surface area contributed by atoms with Gasteiger partial charge in [-0.15, -0.1) is 16.4 Å². The topological polar surface area (TPSA) is 102 Å². The van der Waals surface area contributed by atoms with Crippen molar-refractivity contribution in [3.63, 3.8) is 0 Å². The smallest absolute Gasteiger partial charge is 0.322 e. The highest BCUT2D eigenvalue weighted by atomic mass is 32.2. The molecule has 118 valence electrons. The Morgan fingerprint density at radius 1 is 1.13 bits per heavy atom. The first-order valence-corrected chi connectivity index (χ1v) is 9.03. The second-order valence-corrected chi connectivity index (χ2v) is 7.44. The molecule has 1 amide bonds. The Morgan fingerprint density at radius 2 is 1.91 bits per heavy atom.